The molecule has 0 saturated heterocycles. The van der Waals surface area contributed by atoms with E-state index in [0.29, 0.717) is 12.3 Å². The lowest BCUT2D eigenvalue weighted by Gasteiger charge is -2.10. The number of nitrogens with two attached hydrogens (primary N) is 2. The number of carboxylic acids is 1. The van der Waals surface area contributed by atoms with E-state index in [-0.39, 0.29) is 17.9 Å². The zero-order valence-electron chi connectivity index (χ0n) is 14.0. The van der Waals surface area contributed by atoms with Crippen LogP contribution < -0.4 is 21.1 Å². The Bertz CT molecular complexity index is 672. The number of hydrogen-bond acceptors (Lipinski definition) is 4. The summed E-state index contributed by atoms with van der Waals surface area (Å²) in [4.78, 5) is 36.9. The first-order valence-electron chi connectivity index (χ1n) is 8.38. The minimum absolute atomic E-state index is 0.195. The maximum Gasteiger partial charge on any atom is 0.347 e. The number of carbonyl (C=O) groups excluding carboxylic acids is 3. The molecule has 0 fully saturated rings. The largest absolute Gasteiger partial charge is 0.545 e. The molecule has 5 N–H and O–H groups in total. The Kier molecular flexibility index (Phi) is 7.24. The average molecular weight is 347 g/mol. The van der Waals surface area contributed by atoms with E-state index in [1.807, 2.05) is 11.4 Å². The van der Waals surface area contributed by atoms with Gasteiger partial charge in [-0.05, 0) is 11.6 Å². The number of rotatable bonds is 10. The number of benzene rings is 1. The number of aliphatic imine (C=N–C) groups is 1. The van der Waals surface area contributed by atoms with Gasteiger partial charge in [0, 0.05) is 18.4 Å². The number of imide groups is 1. The molecule has 1 aromatic rings. The van der Waals surface area contributed by atoms with Crippen molar-refractivity contribution in [3.8, 4) is 0 Å². The molecule has 0 aliphatic carbocycles. The third-order valence-corrected chi connectivity index (χ3v) is 3.86. The summed E-state index contributed by atoms with van der Waals surface area (Å²) in [5.41, 5.74) is 1.79. The van der Waals surface area contributed by atoms with Gasteiger partial charge < -0.3 is 20.5 Å². The molecule has 0 aromatic heterocycles. The number of hydrogen-bond donors (Lipinski definition) is 3. The molecule has 1 aliphatic heterocycles. The first kappa shape index (κ1) is 18.8. The van der Waals surface area contributed by atoms with Gasteiger partial charge in [-0.1, -0.05) is 18.2 Å². The van der Waals surface area contributed by atoms with Crippen molar-refractivity contribution in [2.45, 2.75) is 25.8 Å². The fraction of sp³-hybridized carbons (Fsp3) is 0.412. The van der Waals surface area contributed by atoms with Crippen LogP contribution in [-0.2, 0) is 11.3 Å². The molecule has 1 heterocycles. The van der Waals surface area contributed by atoms with E-state index in [9.17, 15) is 19.5 Å². The number of nitrogens with zero attached hydrogens (tertiary/aromatic N) is 1. The SMILES string of the molecule is O=C1CC(C[NH2+]CCCC[NH2+]Cc2cccc(C(=O)[O-])c2)=NC(=O)N1. The molecular weight excluding hydrogens is 324 g/mol. The zero-order valence-corrected chi connectivity index (χ0v) is 14.0. The Morgan fingerprint density at radius 3 is 2.56 bits per heavy atom. The normalized spacial score (nSPS) is 14.2. The van der Waals surface area contributed by atoms with Gasteiger partial charge in [-0.2, -0.15) is 4.99 Å². The monoisotopic (exact) mass is 347 g/mol. The van der Waals surface area contributed by atoms with Crippen LogP contribution in [-0.4, -0.2) is 43.3 Å². The van der Waals surface area contributed by atoms with Gasteiger partial charge in [0.2, 0.25) is 5.91 Å². The molecule has 0 radical (unpaired) electrons. The van der Waals surface area contributed by atoms with Crippen LogP contribution >= 0.6 is 0 Å². The van der Waals surface area contributed by atoms with E-state index in [2.05, 4.69) is 15.6 Å². The molecule has 0 saturated carbocycles. The van der Waals surface area contributed by atoms with Crippen LogP contribution in [0.3, 0.4) is 0 Å². The predicted octanol–water partition coefficient (Wildman–Crippen LogP) is -2.46. The number of urea groups is 1. The molecule has 0 bridgehead atoms. The Morgan fingerprint density at radius 2 is 1.88 bits per heavy atom. The Morgan fingerprint density at radius 1 is 1.16 bits per heavy atom. The van der Waals surface area contributed by atoms with Crippen molar-refractivity contribution in [3.63, 3.8) is 0 Å². The highest BCUT2D eigenvalue weighted by atomic mass is 16.4. The smallest absolute Gasteiger partial charge is 0.347 e. The zero-order chi connectivity index (χ0) is 18.1. The second-order valence-electron chi connectivity index (χ2n) is 5.97. The van der Waals surface area contributed by atoms with Crippen LogP contribution in [0.4, 0.5) is 4.79 Å². The van der Waals surface area contributed by atoms with Crippen molar-refractivity contribution in [3.05, 3.63) is 35.4 Å². The number of unbranched alkanes of at least 4 members (excludes halogenated alkanes) is 1. The molecule has 2 rings (SSSR count). The Hall–Kier alpha value is -2.58. The summed E-state index contributed by atoms with van der Waals surface area (Å²) >= 11 is 0. The minimum atomic E-state index is -1.15. The molecule has 0 atom stereocenters. The van der Waals surface area contributed by atoms with Crippen molar-refractivity contribution in [1.29, 1.82) is 0 Å². The number of amides is 3. The minimum Gasteiger partial charge on any atom is -0.545 e. The van der Waals surface area contributed by atoms with Gasteiger partial charge >= 0.3 is 6.03 Å². The van der Waals surface area contributed by atoms with Crippen molar-refractivity contribution in [1.82, 2.24) is 5.32 Å². The summed E-state index contributed by atoms with van der Waals surface area (Å²) in [5.74, 6) is -1.44. The van der Waals surface area contributed by atoms with Crippen molar-refractivity contribution in [2.24, 2.45) is 4.99 Å². The van der Waals surface area contributed by atoms with Gasteiger partial charge in [0.15, 0.2) is 0 Å². The Balaban J connectivity index is 1.54. The molecule has 25 heavy (non-hydrogen) atoms. The predicted molar refractivity (Wildman–Crippen MR) is 87.8 cm³/mol. The van der Waals surface area contributed by atoms with Crippen LogP contribution in [0.15, 0.2) is 29.3 Å². The second kappa shape index (κ2) is 9.65. The molecule has 8 nitrogen and oxygen atoms in total. The number of nitrogens with one attached hydrogen (secondary N) is 1. The first-order valence-corrected chi connectivity index (χ1v) is 8.38. The highest BCUT2D eigenvalue weighted by molar-refractivity contribution is 6.14. The highest BCUT2D eigenvalue weighted by Gasteiger charge is 2.18. The maximum atomic E-state index is 11.2. The van der Waals surface area contributed by atoms with Gasteiger partial charge in [0.25, 0.3) is 0 Å². The number of carboxylic acid groups (broad SMARTS) is 1. The van der Waals surface area contributed by atoms with Gasteiger partial charge in [-0.25, -0.2) is 4.79 Å². The molecular formula is C17H23N4O4+. The number of aromatic carboxylic acids is 1. The van der Waals surface area contributed by atoms with Crippen LogP contribution in [0.1, 0.15) is 35.2 Å². The molecule has 0 unspecified atom stereocenters. The molecule has 1 aliphatic rings. The third-order valence-electron chi connectivity index (χ3n) is 3.86. The van der Waals surface area contributed by atoms with Crippen LogP contribution in [0.25, 0.3) is 0 Å². The van der Waals surface area contributed by atoms with E-state index < -0.39 is 12.0 Å². The summed E-state index contributed by atoms with van der Waals surface area (Å²) in [5, 5.41) is 17.1. The van der Waals surface area contributed by atoms with Gasteiger partial charge in [0.05, 0.1) is 31.2 Å². The third kappa shape index (κ3) is 6.82. The molecule has 3 amide bonds. The topological polar surface area (TPSA) is 132 Å². The fourth-order valence-electron chi connectivity index (χ4n) is 2.62. The molecule has 134 valence electrons. The van der Waals surface area contributed by atoms with Crippen molar-refractivity contribution < 1.29 is 30.1 Å². The average Bonchev–Trinajstić information content (AvgIpc) is 2.56. The summed E-state index contributed by atoms with van der Waals surface area (Å²) in [6.07, 6.45) is 2.24. The van der Waals surface area contributed by atoms with Crippen molar-refractivity contribution in [2.75, 3.05) is 19.6 Å². The van der Waals surface area contributed by atoms with Gasteiger partial charge in [0.1, 0.15) is 13.1 Å². The van der Waals surface area contributed by atoms with Crippen molar-refractivity contribution >= 4 is 23.6 Å². The van der Waals surface area contributed by atoms with E-state index in [4.69, 9.17) is 0 Å². The number of carbonyl (C=O) groups is 3. The van der Waals surface area contributed by atoms with Crippen LogP contribution in [0.5, 0.6) is 0 Å². The molecule has 8 heteroatoms. The van der Waals surface area contributed by atoms with E-state index in [0.717, 1.165) is 38.0 Å². The fourth-order valence-corrected chi connectivity index (χ4v) is 2.62. The standard InChI is InChI=1S/C17H22N4O4/c22-15-9-14(20-17(25)21-15)11-19-7-2-1-6-18-10-12-4-3-5-13(8-12)16(23)24/h3-5,8,18-19H,1-2,6-7,9-11H2,(H,23,24)(H,21,22,25)/p+1. The van der Waals surface area contributed by atoms with E-state index >= 15 is 0 Å². The van der Waals surface area contributed by atoms with Crippen LogP contribution in [0.2, 0.25) is 0 Å². The maximum absolute atomic E-state index is 11.2. The van der Waals surface area contributed by atoms with E-state index in [1.54, 1.807) is 12.1 Å². The quantitative estimate of drug-likeness (QED) is 0.405. The summed E-state index contributed by atoms with van der Waals surface area (Å²) in [7, 11) is 0. The van der Waals surface area contributed by atoms with Gasteiger partial charge in [-0.3, -0.25) is 10.1 Å². The number of quaternary nitrogens is 2. The van der Waals surface area contributed by atoms with E-state index in [1.165, 1.54) is 6.07 Å². The van der Waals surface area contributed by atoms with Gasteiger partial charge in [-0.15, -0.1) is 0 Å². The van der Waals surface area contributed by atoms with Crippen LogP contribution in [0, 0.1) is 0 Å². The lowest BCUT2D eigenvalue weighted by molar-refractivity contribution is -0.673. The highest BCUT2D eigenvalue weighted by Crippen LogP contribution is 2.02. The first-order chi connectivity index (χ1) is 12.0. The summed E-state index contributed by atoms with van der Waals surface area (Å²) in [6.45, 7) is 3.16. The lowest BCUT2D eigenvalue weighted by Crippen LogP contribution is -2.86. The lowest BCUT2D eigenvalue weighted by atomic mass is 10.1. The molecule has 1 aromatic carbocycles. The second-order valence-corrected chi connectivity index (χ2v) is 5.97. The molecule has 0 spiro atoms. The summed E-state index contributed by atoms with van der Waals surface area (Å²) in [6, 6.07) is 6.23. The Labute approximate surface area is 145 Å². The summed E-state index contributed by atoms with van der Waals surface area (Å²) < 4.78 is 0.